The first kappa shape index (κ1) is 19.7. The third kappa shape index (κ3) is 4.24. The molecule has 0 aliphatic carbocycles. The molecule has 4 N–H and O–H groups in total. The Morgan fingerprint density at radius 3 is 2.71 bits per heavy atom. The van der Waals surface area contributed by atoms with E-state index in [0.29, 0.717) is 24.0 Å². The van der Waals surface area contributed by atoms with Crippen LogP contribution in [0.5, 0.6) is 0 Å². The maximum absolute atomic E-state index is 13.0. The predicted octanol–water partition coefficient (Wildman–Crippen LogP) is 2.95. The molecule has 7 nitrogen and oxygen atoms in total. The highest BCUT2D eigenvalue weighted by atomic mass is 16.2. The van der Waals surface area contributed by atoms with E-state index in [2.05, 4.69) is 22.5 Å². The summed E-state index contributed by atoms with van der Waals surface area (Å²) in [6, 6.07) is 9.57. The number of aromatic nitrogens is 1. The molecule has 0 radical (unpaired) electrons. The van der Waals surface area contributed by atoms with Gasteiger partial charge >= 0.3 is 11.8 Å². The largest absolute Gasteiger partial charge is 0.388 e. The lowest BCUT2D eigenvalue weighted by molar-refractivity contribution is -0.146. The number of nitrogens with zero attached hydrogens (tertiary/aromatic N) is 2. The van der Waals surface area contributed by atoms with Crippen molar-refractivity contribution in [2.75, 3.05) is 30.0 Å². The number of rotatable bonds is 3. The minimum atomic E-state index is -0.658. The van der Waals surface area contributed by atoms with Crippen molar-refractivity contribution in [2.24, 2.45) is 5.92 Å². The van der Waals surface area contributed by atoms with Gasteiger partial charge in [0.25, 0.3) is 0 Å². The van der Waals surface area contributed by atoms with Crippen LogP contribution in [-0.4, -0.2) is 35.3 Å². The van der Waals surface area contributed by atoms with E-state index in [1.54, 1.807) is 17.9 Å². The Kier molecular flexibility index (Phi) is 5.82. The first-order valence-electron chi connectivity index (χ1n) is 9.50. The first-order valence-corrected chi connectivity index (χ1v) is 9.50. The smallest absolute Gasteiger partial charge is 0.313 e. The van der Waals surface area contributed by atoms with Crippen molar-refractivity contribution in [1.82, 2.24) is 9.88 Å². The van der Waals surface area contributed by atoms with Gasteiger partial charge in [0.15, 0.2) is 0 Å². The molecule has 1 aliphatic heterocycles. The molecule has 1 aliphatic rings. The van der Waals surface area contributed by atoms with E-state index in [1.807, 2.05) is 31.3 Å². The molecule has 3 rings (SSSR count). The molecule has 1 aromatic carbocycles. The fourth-order valence-electron chi connectivity index (χ4n) is 3.59. The van der Waals surface area contributed by atoms with Crippen LogP contribution in [0, 0.1) is 12.8 Å². The molecule has 148 valence electrons. The van der Waals surface area contributed by atoms with Gasteiger partial charge in [0.2, 0.25) is 0 Å². The summed E-state index contributed by atoms with van der Waals surface area (Å²) in [5.74, 6) is -0.435. The highest BCUT2D eigenvalue weighted by molar-refractivity contribution is 6.39. The fraction of sp³-hybridized carbons (Fsp3) is 0.381. The Bertz CT molecular complexity index is 883. The molecule has 2 atom stereocenters. The molecule has 1 fully saturated rings. The van der Waals surface area contributed by atoms with Gasteiger partial charge in [0, 0.05) is 19.3 Å². The van der Waals surface area contributed by atoms with Gasteiger partial charge < -0.3 is 21.3 Å². The summed E-state index contributed by atoms with van der Waals surface area (Å²) in [6.45, 7) is 4.46. The van der Waals surface area contributed by atoms with Gasteiger partial charge in [0.05, 0.1) is 17.9 Å². The maximum atomic E-state index is 13.0. The van der Waals surface area contributed by atoms with Crippen LogP contribution in [0.1, 0.15) is 36.9 Å². The van der Waals surface area contributed by atoms with Crippen LogP contribution in [0.4, 0.5) is 17.2 Å². The summed E-state index contributed by atoms with van der Waals surface area (Å²) >= 11 is 0. The van der Waals surface area contributed by atoms with Gasteiger partial charge in [-0.15, -0.1) is 0 Å². The van der Waals surface area contributed by atoms with E-state index >= 15 is 0 Å². The Morgan fingerprint density at radius 2 is 2.00 bits per heavy atom. The van der Waals surface area contributed by atoms with E-state index < -0.39 is 11.8 Å². The predicted molar refractivity (Wildman–Crippen MR) is 111 cm³/mol. The van der Waals surface area contributed by atoms with Crippen molar-refractivity contribution in [3.05, 3.63) is 47.7 Å². The van der Waals surface area contributed by atoms with Crippen LogP contribution in [0.15, 0.2) is 36.5 Å². The van der Waals surface area contributed by atoms with Crippen molar-refractivity contribution >= 4 is 29.0 Å². The number of anilines is 3. The molecular formula is C21H27N5O2. The van der Waals surface area contributed by atoms with Crippen LogP contribution in [0.2, 0.25) is 0 Å². The van der Waals surface area contributed by atoms with Crippen molar-refractivity contribution in [1.29, 1.82) is 0 Å². The van der Waals surface area contributed by atoms with Gasteiger partial charge in [-0.2, -0.15) is 0 Å². The zero-order valence-corrected chi connectivity index (χ0v) is 16.5. The van der Waals surface area contributed by atoms with Crippen LogP contribution in [0.25, 0.3) is 0 Å². The summed E-state index contributed by atoms with van der Waals surface area (Å²) < 4.78 is 0. The Hall–Kier alpha value is -3.09. The standard InChI is InChI=1S/C21H27N5O2/c1-13-7-8-18(15-5-4-6-16(10-15)23-3)26(12-13)21(28)20(27)25-17-9-14(2)19(22)24-11-17/h4-6,9-11,13,18,23H,7-8,12H2,1-3H3,(H2,22,24)(H,25,27)/t13-,18+/m0/s1. The van der Waals surface area contributed by atoms with Crippen molar-refractivity contribution in [3.63, 3.8) is 0 Å². The number of nitrogens with one attached hydrogen (secondary N) is 2. The minimum absolute atomic E-state index is 0.117. The normalized spacial score (nSPS) is 19.2. The second-order valence-electron chi connectivity index (χ2n) is 7.41. The number of hydrogen-bond donors (Lipinski definition) is 3. The topological polar surface area (TPSA) is 100 Å². The minimum Gasteiger partial charge on any atom is -0.388 e. The van der Waals surface area contributed by atoms with Gasteiger partial charge in [0.1, 0.15) is 5.82 Å². The molecule has 2 amide bonds. The number of hydrogen-bond acceptors (Lipinski definition) is 5. The number of likely N-dealkylation sites (tertiary alicyclic amines) is 1. The Balaban J connectivity index is 1.81. The SMILES string of the molecule is CNc1cccc([C@H]2CC[C@H](C)CN2C(=O)C(=O)Nc2cnc(N)c(C)c2)c1. The number of carbonyl (C=O) groups is 2. The van der Waals surface area contributed by atoms with Gasteiger partial charge in [-0.3, -0.25) is 9.59 Å². The first-order chi connectivity index (χ1) is 13.4. The molecular weight excluding hydrogens is 354 g/mol. The van der Waals surface area contributed by atoms with Crippen molar-refractivity contribution in [3.8, 4) is 0 Å². The maximum Gasteiger partial charge on any atom is 0.313 e. The van der Waals surface area contributed by atoms with Crippen LogP contribution >= 0.6 is 0 Å². The summed E-state index contributed by atoms with van der Waals surface area (Å²) in [7, 11) is 1.86. The lowest BCUT2D eigenvalue weighted by atomic mass is 9.89. The third-order valence-electron chi connectivity index (χ3n) is 5.21. The van der Waals surface area contributed by atoms with Crippen LogP contribution in [0.3, 0.4) is 0 Å². The summed E-state index contributed by atoms with van der Waals surface area (Å²) in [5, 5.41) is 5.78. The molecule has 28 heavy (non-hydrogen) atoms. The molecule has 2 heterocycles. The molecule has 0 saturated carbocycles. The molecule has 1 saturated heterocycles. The lowest BCUT2D eigenvalue weighted by Crippen LogP contribution is -2.46. The van der Waals surface area contributed by atoms with Crippen LogP contribution < -0.4 is 16.4 Å². The van der Waals surface area contributed by atoms with E-state index in [-0.39, 0.29) is 6.04 Å². The highest BCUT2D eigenvalue weighted by Gasteiger charge is 2.34. The van der Waals surface area contributed by atoms with Gasteiger partial charge in [-0.05, 0) is 55.0 Å². The monoisotopic (exact) mass is 381 g/mol. The zero-order chi connectivity index (χ0) is 20.3. The summed E-state index contributed by atoms with van der Waals surface area (Å²) in [4.78, 5) is 31.4. The number of carbonyl (C=O) groups excluding carboxylic acids is 2. The quantitative estimate of drug-likeness (QED) is 0.710. The summed E-state index contributed by atoms with van der Waals surface area (Å²) in [6.07, 6.45) is 3.30. The number of nitrogen functional groups attached to an aromatic ring is 1. The highest BCUT2D eigenvalue weighted by Crippen LogP contribution is 2.34. The number of benzene rings is 1. The van der Waals surface area contributed by atoms with Crippen molar-refractivity contribution in [2.45, 2.75) is 32.7 Å². The van der Waals surface area contributed by atoms with Gasteiger partial charge in [-0.1, -0.05) is 19.1 Å². The molecule has 7 heteroatoms. The number of piperidine rings is 1. The van der Waals surface area contributed by atoms with Gasteiger partial charge in [-0.25, -0.2) is 4.98 Å². The molecule has 0 unspecified atom stereocenters. The number of pyridine rings is 1. The number of nitrogens with two attached hydrogens (primary N) is 1. The second kappa shape index (κ2) is 8.29. The van der Waals surface area contributed by atoms with Crippen LogP contribution in [-0.2, 0) is 9.59 Å². The third-order valence-corrected chi connectivity index (χ3v) is 5.21. The van der Waals surface area contributed by atoms with E-state index in [4.69, 9.17) is 5.73 Å². The number of aryl methyl sites for hydroxylation is 1. The molecule has 1 aromatic heterocycles. The fourth-order valence-corrected chi connectivity index (χ4v) is 3.59. The van der Waals surface area contributed by atoms with E-state index in [9.17, 15) is 9.59 Å². The second-order valence-corrected chi connectivity index (χ2v) is 7.41. The average Bonchev–Trinajstić information content (AvgIpc) is 2.70. The van der Waals surface area contributed by atoms with E-state index in [0.717, 1.165) is 29.7 Å². The number of amides is 2. The molecule has 0 bridgehead atoms. The zero-order valence-electron chi connectivity index (χ0n) is 16.5. The Labute approximate surface area is 165 Å². The summed E-state index contributed by atoms with van der Waals surface area (Å²) in [5.41, 5.74) is 8.94. The Morgan fingerprint density at radius 1 is 1.21 bits per heavy atom. The molecule has 0 spiro atoms. The molecule has 2 aromatic rings. The van der Waals surface area contributed by atoms with Crippen molar-refractivity contribution < 1.29 is 9.59 Å². The average molecular weight is 381 g/mol. The van der Waals surface area contributed by atoms with E-state index in [1.165, 1.54) is 6.20 Å². The lowest BCUT2D eigenvalue weighted by Gasteiger charge is -2.38.